The first-order valence-corrected chi connectivity index (χ1v) is 5.79. The van der Waals surface area contributed by atoms with Crippen LogP contribution < -0.4 is 5.32 Å². The fourth-order valence-electron chi connectivity index (χ4n) is 1.52. The summed E-state index contributed by atoms with van der Waals surface area (Å²) in [4.78, 5) is 0. The highest BCUT2D eigenvalue weighted by molar-refractivity contribution is 6.18. The third kappa shape index (κ3) is 3.09. The van der Waals surface area contributed by atoms with Crippen LogP contribution in [0, 0.1) is 12.7 Å². The predicted octanol–water partition coefficient (Wildman–Crippen LogP) is 3.23. The summed E-state index contributed by atoms with van der Waals surface area (Å²) < 4.78 is 13.4. The Balaban J connectivity index is 3.09. The number of aryl methyl sites for hydroxylation is 1. The predicted molar refractivity (Wildman–Crippen MR) is 65.6 cm³/mol. The third-order valence-corrected chi connectivity index (χ3v) is 2.71. The average molecular weight is 246 g/mol. The zero-order chi connectivity index (χ0) is 12.3. The third-order valence-electron chi connectivity index (χ3n) is 2.42. The molecule has 1 atom stereocenters. The van der Waals surface area contributed by atoms with Gasteiger partial charge in [0.1, 0.15) is 12.0 Å². The van der Waals surface area contributed by atoms with E-state index in [4.69, 9.17) is 11.6 Å². The Labute approximate surface area is 100 Å². The van der Waals surface area contributed by atoms with Crippen molar-refractivity contribution in [3.05, 3.63) is 29.1 Å². The molecule has 0 radical (unpaired) electrons. The fourth-order valence-corrected chi connectivity index (χ4v) is 1.59. The van der Waals surface area contributed by atoms with Crippen molar-refractivity contribution in [1.82, 2.24) is 0 Å². The van der Waals surface area contributed by atoms with E-state index in [1.165, 1.54) is 6.07 Å². The minimum Gasteiger partial charge on any atom is -0.373 e. The van der Waals surface area contributed by atoms with Crippen molar-refractivity contribution in [2.24, 2.45) is 0 Å². The summed E-state index contributed by atoms with van der Waals surface area (Å²) in [6.07, 6.45) is -0.816. The van der Waals surface area contributed by atoms with Gasteiger partial charge >= 0.3 is 0 Å². The molecule has 0 amide bonds. The Bertz CT molecular complexity index is 368. The highest BCUT2D eigenvalue weighted by atomic mass is 35.5. The van der Waals surface area contributed by atoms with Gasteiger partial charge in [0.15, 0.2) is 0 Å². The maximum atomic E-state index is 13.4. The van der Waals surface area contributed by atoms with E-state index in [0.717, 1.165) is 11.3 Å². The SMILES string of the molecule is Cc1cc(NC(O)CCl)c(C(C)C)cc1F. The molecule has 0 fully saturated rings. The van der Waals surface area contributed by atoms with E-state index in [2.05, 4.69) is 5.32 Å². The molecular formula is C12H17ClFNO. The normalized spacial score (nSPS) is 12.9. The summed E-state index contributed by atoms with van der Waals surface area (Å²) in [6, 6.07) is 3.20. The molecule has 0 aliphatic carbocycles. The molecule has 0 heterocycles. The first kappa shape index (κ1) is 13.3. The molecule has 0 spiro atoms. The highest BCUT2D eigenvalue weighted by Gasteiger charge is 2.12. The van der Waals surface area contributed by atoms with Crippen molar-refractivity contribution in [3.8, 4) is 0 Å². The smallest absolute Gasteiger partial charge is 0.138 e. The first-order chi connectivity index (χ1) is 7.45. The Morgan fingerprint density at radius 1 is 1.44 bits per heavy atom. The summed E-state index contributed by atoms with van der Waals surface area (Å²) in [6.45, 7) is 5.64. The molecule has 2 N–H and O–H groups in total. The van der Waals surface area contributed by atoms with E-state index in [0.29, 0.717) is 5.56 Å². The second-order valence-electron chi connectivity index (χ2n) is 4.16. The molecule has 1 aromatic rings. The van der Waals surface area contributed by atoms with Gasteiger partial charge in [-0.2, -0.15) is 0 Å². The quantitative estimate of drug-likeness (QED) is 0.631. The monoisotopic (exact) mass is 245 g/mol. The molecule has 0 aliphatic heterocycles. The molecule has 1 unspecified atom stereocenters. The van der Waals surface area contributed by atoms with E-state index < -0.39 is 6.23 Å². The fraction of sp³-hybridized carbons (Fsp3) is 0.500. The topological polar surface area (TPSA) is 32.3 Å². The van der Waals surface area contributed by atoms with Crippen LogP contribution in [0.4, 0.5) is 10.1 Å². The van der Waals surface area contributed by atoms with E-state index in [1.807, 2.05) is 13.8 Å². The number of hydrogen-bond donors (Lipinski definition) is 2. The number of hydrogen-bond acceptors (Lipinski definition) is 2. The first-order valence-electron chi connectivity index (χ1n) is 5.26. The van der Waals surface area contributed by atoms with Crippen LogP contribution in [0.25, 0.3) is 0 Å². The summed E-state index contributed by atoms with van der Waals surface area (Å²) in [5.41, 5.74) is 2.13. The van der Waals surface area contributed by atoms with Crippen LogP contribution in [-0.4, -0.2) is 17.2 Å². The van der Waals surface area contributed by atoms with Gasteiger partial charge in [0.25, 0.3) is 0 Å². The number of aliphatic hydroxyl groups excluding tert-OH is 1. The second-order valence-corrected chi connectivity index (χ2v) is 4.47. The maximum Gasteiger partial charge on any atom is 0.138 e. The zero-order valence-electron chi connectivity index (χ0n) is 9.72. The molecule has 1 rings (SSSR count). The van der Waals surface area contributed by atoms with Gasteiger partial charge in [-0.15, -0.1) is 11.6 Å². The Morgan fingerprint density at radius 2 is 2.06 bits per heavy atom. The molecular weight excluding hydrogens is 229 g/mol. The molecule has 0 aliphatic rings. The van der Waals surface area contributed by atoms with Gasteiger partial charge < -0.3 is 10.4 Å². The number of nitrogens with one attached hydrogen (secondary N) is 1. The number of aliphatic hydroxyl groups is 1. The van der Waals surface area contributed by atoms with Crippen LogP contribution in [-0.2, 0) is 0 Å². The van der Waals surface area contributed by atoms with Crippen molar-refractivity contribution in [3.63, 3.8) is 0 Å². The van der Waals surface area contributed by atoms with Crippen molar-refractivity contribution in [1.29, 1.82) is 0 Å². The summed E-state index contributed by atoms with van der Waals surface area (Å²) >= 11 is 5.52. The largest absolute Gasteiger partial charge is 0.373 e. The minimum absolute atomic E-state index is 0.0912. The molecule has 2 nitrogen and oxygen atoms in total. The summed E-state index contributed by atoms with van der Waals surface area (Å²) in [5, 5.41) is 12.3. The summed E-state index contributed by atoms with van der Waals surface area (Å²) in [7, 11) is 0. The van der Waals surface area contributed by atoms with Gasteiger partial charge in [-0.1, -0.05) is 13.8 Å². The van der Waals surface area contributed by atoms with E-state index in [-0.39, 0.29) is 17.6 Å². The molecule has 1 aromatic carbocycles. The number of halogens is 2. The van der Waals surface area contributed by atoms with Crippen molar-refractivity contribution in [2.75, 3.05) is 11.2 Å². The molecule has 0 saturated carbocycles. The van der Waals surface area contributed by atoms with Crippen LogP contribution >= 0.6 is 11.6 Å². The number of benzene rings is 1. The van der Waals surface area contributed by atoms with Gasteiger partial charge in [0.05, 0.1) is 5.88 Å². The standard InChI is InChI=1S/C12H17ClFNO/c1-7(2)9-5-10(14)8(3)4-11(9)15-12(16)6-13/h4-5,7,12,15-16H,6H2,1-3H3. The van der Waals surface area contributed by atoms with E-state index >= 15 is 0 Å². The van der Waals surface area contributed by atoms with Gasteiger partial charge in [0, 0.05) is 5.69 Å². The number of anilines is 1. The molecule has 16 heavy (non-hydrogen) atoms. The van der Waals surface area contributed by atoms with E-state index in [9.17, 15) is 9.50 Å². The van der Waals surface area contributed by atoms with Gasteiger partial charge in [-0.3, -0.25) is 0 Å². The lowest BCUT2D eigenvalue weighted by Crippen LogP contribution is -2.21. The molecule has 0 saturated heterocycles. The molecule has 0 aromatic heterocycles. The molecule has 0 bridgehead atoms. The van der Waals surface area contributed by atoms with Crippen molar-refractivity contribution >= 4 is 17.3 Å². The second kappa shape index (κ2) is 5.51. The van der Waals surface area contributed by atoms with Crippen molar-refractivity contribution in [2.45, 2.75) is 32.9 Å². The number of rotatable bonds is 4. The average Bonchev–Trinajstić information content (AvgIpc) is 2.22. The van der Waals surface area contributed by atoms with Gasteiger partial charge in [-0.05, 0) is 36.1 Å². The zero-order valence-corrected chi connectivity index (χ0v) is 10.5. The Kier molecular flexibility index (Phi) is 4.56. The van der Waals surface area contributed by atoms with E-state index in [1.54, 1.807) is 13.0 Å². The van der Waals surface area contributed by atoms with Crippen LogP contribution in [0.1, 0.15) is 30.9 Å². The lowest BCUT2D eigenvalue weighted by atomic mass is 9.99. The molecule has 4 heteroatoms. The summed E-state index contributed by atoms with van der Waals surface area (Å²) in [5.74, 6) is 0.0447. The van der Waals surface area contributed by atoms with Crippen LogP contribution in [0.3, 0.4) is 0 Å². The number of alkyl halides is 1. The Morgan fingerprint density at radius 3 is 2.56 bits per heavy atom. The minimum atomic E-state index is -0.816. The molecule has 90 valence electrons. The van der Waals surface area contributed by atoms with Gasteiger partial charge in [0.2, 0.25) is 0 Å². The highest BCUT2D eigenvalue weighted by Crippen LogP contribution is 2.27. The lowest BCUT2D eigenvalue weighted by Gasteiger charge is -2.18. The van der Waals surface area contributed by atoms with Crippen molar-refractivity contribution < 1.29 is 9.50 Å². The van der Waals surface area contributed by atoms with Crippen LogP contribution in [0.2, 0.25) is 0 Å². The lowest BCUT2D eigenvalue weighted by molar-refractivity contribution is 0.227. The van der Waals surface area contributed by atoms with Gasteiger partial charge in [-0.25, -0.2) is 4.39 Å². The van der Waals surface area contributed by atoms with Crippen LogP contribution in [0.5, 0.6) is 0 Å². The Hall–Kier alpha value is -0.800. The van der Waals surface area contributed by atoms with Crippen LogP contribution in [0.15, 0.2) is 12.1 Å². The maximum absolute atomic E-state index is 13.4.